The number of hydrogen-bond acceptors (Lipinski definition) is 6. The smallest absolute Gasteiger partial charge is 0.419 e. The summed E-state index contributed by atoms with van der Waals surface area (Å²) in [4.78, 5) is 26.9. The lowest BCUT2D eigenvalue weighted by molar-refractivity contribution is -0.140. The van der Waals surface area contributed by atoms with E-state index in [2.05, 4.69) is 15.1 Å². The standard InChI is InChI=1S/C24H26F5N7O2/c1-33(2)23(38)35-6-7-36(13(11-35)8-12-4-5-12)22-30-10-15-19(32-34(3)21(15)31-22)14-9-16(24(27,28)29)18(26)20(37)17(14)25/h9-10,12-13,37H,4-8,11H2,1-3H3. The maximum atomic E-state index is 14.8. The molecule has 1 aliphatic heterocycles. The van der Waals surface area contributed by atoms with Gasteiger partial charge in [0.15, 0.2) is 23.0 Å². The van der Waals surface area contributed by atoms with Crippen LogP contribution in [0.5, 0.6) is 5.75 Å². The fourth-order valence-corrected chi connectivity index (χ4v) is 4.88. The lowest BCUT2D eigenvalue weighted by Crippen LogP contribution is -2.57. The van der Waals surface area contributed by atoms with Crippen LogP contribution < -0.4 is 4.90 Å². The van der Waals surface area contributed by atoms with Gasteiger partial charge in [-0.15, -0.1) is 0 Å². The van der Waals surface area contributed by atoms with Crippen LogP contribution in [0.3, 0.4) is 0 Å². The largest absolute Gasteiger partial charge is 0.503 e. The number of piperazine rings is 1. The number of aryl methyl sites for hydroxylation is 1. The number of alkyl halides is 3. The van der Waals surface area contributed by atoms with Gasteiger partial charge >= 0.3 is 12.2 Å². The van der Waals surface area contributed by atoms with Gasteiger partial charge in [0.2, 0.25) is 5.95 Å². The number of halogens is 5. The van der Waals surface area contributed by atoms with Crippen LogP contribution in [0.1, 0.15) is 24.8 Å². The molecule has 2 fully saturated rings. The van der Waals surface area contributed by atoms with Gasteiger partial charge in [0.1, 0.15) is 5.69 Å². The Morgan fingerprint density at radius 3 is 2.53 bits per heavy atom. The van der Waals surface area contributed by atoms with Gasteiger partial charge in [0.25, 0.3) is 0 Å². The number of carbonyl (C=O) groups excluding carboxylic acids is 1. The molecule has 0 radical (unpaired) electrons. The number of rotatable bonds is 4. The van der Waals surface area contributed by atoms with Crippen LogP contribution in [-0.2, 0) is 13.2 Å². The number of aromatic nitrogens is 4. The quantitative estimate of drug-likeness (QED) is 0.504. The van der Waals surface area contributed by atoms with Gasteiger partial charge in [0, 0.05) is 58.6 Å². The predicted molar refractivity (Wildman–Crippen MR) is 127 cm³/mol. The summed E-state index contributed by atoms with van der Waals surface area (Å²) in [5.74, 6) is -4.48. The van der Waals surface area contributed by atoms with Crippen molar-refractivity contribution in [2.24, 2.45) is 13.0 Å². The summed E-state index contributed by atoms with van der Waals surface area (Å²) >= 11 is 0. The molecule has 14 heteroatoms. The lowest BCUT2D eigenvalue weighted by Gasteiger charge is -2.42. The number of aromatic hydroxyl groups is 1. The number of phenols is 1. The SMILES string of the molecule is CN(C)C(=O)N1CCN(c2ncc3c(-c4cc(C(F)(F)F)c(F)c(O)c4F)nn(C)c3n2)C(CC2CC2)C1. The second kappa shape index (κ2) is 9.24. The zero-order valence-electron chi connectivity index (χ0n) is 20.9. The molecule has 1 saturated heterocycles. The summed E-state index contributed by atoms with van der Waals surface area (Å²) in [6.07, 6.45) is -0.737. The first-order valence-corrected chi connectivity index (χ1v) is 12.1. The van der Waals surface area contributed by atoms with Crippen LogP contribution in [0, 0.1) is 17.6 Å². The molecule has 1 atom stereocenters. The highest BCUT2D eigenvalue weighted by molar-refractivity contribution is 5.91. The maximum absolute atomic E-state index is 14.8. The van der Waals surface area contributed by atoms with Crippen molar-refractivity contribution >= 4 is 23.0 Å². The Labute approximate surface area is 214 Å². The van der Waals surface area contributed by atoms with E-state index < -0.39 is 34.7 Å². The summed E-state index contributed by atoms with van der Waals surface area (Å²) in [5.41, 5.74) is -2.57. The van der Waals surface area contributed by atoms with Crippen molar-refractivity contribution in [1.29, 1.82) is 0 Å². The lowest BCUT2D eigenvalue weighted by atomic mass is 10.0. The first-order chi connectivity index (χ1) is 17.9. The van der Waals surface area contributed by atoms with Crippen LogP contribution in [-0.4, -0.2) is 80.5 Å². The number of phenolic OH excluding ortho intramolecular Hbond substituents is 1. The monoisotopic (exact) mass is 539 g/mol. The van der Waals surface area contributed by atoms with E-state index in [1.165, 1.54) is 22.8 Å². The molecule has 1 unspecified atom stereocenters. The molecule has 1 saturated carbocycles. The van der Waals surface area contributed by atoms with E-state index in [1.54, 1.807) is 19.0 Å². The highest BCUT2D eigenvalue weighted by atomic mass is 19.4. The number of amides is 2. The van der Waals surface area contributed by atoms with Crippen molar-refractivity contribution in [3.05, 3.63) is 29.5 Å². The van der Waals surface area contributed by atoms with Gasteiger partial charge in [-0.05, 0) is 18.4 Å². The molecule has 9 nitrogen and oxygen atoms in total. The summed E-state index contributed by atoms with van der Waals surface area (Å²) in [6, 6.07) is 0.166. The highest BCUT2D eigenvalue weighted by Crippen LogP contribution is 2.42. The molecule has 38 heavy (non-hydrogen) atoms. The zero-order chi connectivity index (χ0) is 27.5. The second-order valence-electron chi connectivity index (χ2n) is 9.97. The number of hydrogen-bond donors (Lipinski definition) is 1. The second-order valence-corrected chi connectivity index (χ2v) is 9.97. The Balaban J connectivity index is 1.53. The number of carbonyl (C=O) groups is 1. The summed E-state index contributed by atoms with van der Waals surface area (Å²) in [6.45, 7) is 1.42. The molecular formula is C24H26F5N7O2. The molecule has 1 N–H and O–H groups in total. The molecule has 1 aromatic carbocycles. The fourth-order valence-electron chi connectivity index (χ4n) is 4.88. The minimum atomic E-state index is -5.16. The van der Waals surface area contributed by atoms with E-state index >= 15 is 0 Å². The van der Waals surface area contributed by atoms with Crippen LogP contribution in [0.25, 0.3) is 22.3 Å². The maximum Gasteiger partial charge on any atom is 0.419 e. The van der Waals surface area contributed by atoms with E-state index in [1.807, 2.05) is 4.90 Å². The zero-order valence-corrected chi connectivity index (χ0v) is 20.9. The van der Waals surface area contributed by atoms with Gasteiger partial charge in [-0.2, -0.15) is 23.3 Å². The van der Waals surface area contributed by atoms with E-state index in [4.69, 9.17) is 0 Å². The molecule has 3 aromatic rings. The van der Waals surface area contributed by atoms with Crippen molar-refractivity contribution in [3.8, 4) is 17.0 Å². The fraction of sp³-hybridized carbons (Fsp3) is 0.500. The molecule has 1 aliphatic carbocycles. The van der Waals surface area contributed by atoms with Crippen LogP contribution >= 0.6 is 0 Å². The third kappa shape index (κ3) is 4.56. The Kier molecular flexibility index (Phi) is 6.30. The highest BCUT2D eigenvalue weighted by Gasteiger charge is 2.39. The van der Waals surface area contributed by atoms with Gasteiger partial charge in [-0.1, -0.05) is 12.8 Å². The summed E-state index contributed by atoms with van der Waals surface area (Å²) in [7, 11) is 4.88. The molecule has 204 valence electrons. The molecule has 0 bridgehead atoms. The minimum Gasteiger partial charge on any atom is -0.503 e. The first kappa shape index (κ1) is 25.9. The average Bonchev–Trinajstić information content (AvgIpc) is 3.62. The Morgan fingerprint density at radius 1 is 1.18 bits per heavy atom. The van der Waals surface area contributed by atoms with E-state index in [9.17, 15) is 31.9 Å². The van der Waals surface area contributed by atoms with Crippen molar-refractivity contribution in [1.82, 2.24) is 29.5 Å². The van der Waals surface area contributed by atoms with Crippen LogP contribution in [0.4, 0.5) is 32.7 Å². The molecule has 2 aromatic heterocycles. The Hall–Kier alpha value is -3.71. The van der Waals surface area contributed by atoms with Crippen LogP contribution in [0.15, 0.2) is 12.3 Å². The predicted octanol–water partition coefficient (Wildman–Crippen LogP) is 4.01. The first-order valence-electron chi connectivity index (χ1n) is 12.1. The average molecular weight is 540 g/mol. The van der Waals surface area contributed by atoms with E-state index in [-0.39, 0.29) is 34.9 Å². The molecule has 2 aliphatic rings. The summed E-state index contributed by atoms with van der Waals surface area (Å²) in [5, 5.41) is 14.0. The van der Waals surface area contributed by atoms with Crippen molar-refractivity contribution < 1.29 is 31.9 Å². The number of anilines is 1. The third-order valence-electron chi connectivity index (χ3n) is 7.00. The van der Waals surface area contributed by atoms with Gasteiger partial charge in [-0.3, -0.25) is 0 Å². The number of urea groups is 1. The molecule has 5 rings (SSSR count). The van der Waals surface area contributed by atoms with Crippen LogP contribution in [0.2, 0.25) is 0 Å². The number of nitrogens with zero attached hydrogens (tertiary/aromatic N) is 7. The van der Waals surface area contributed by atoms with E-state index in [0.717, 1.165) is 19.3 Å². The van der Waals surface area contributed by atoms with Gasteiger partial charge in [0.05, 0.1) is 10.9 Å². The van der Waals surface area contributed by atoms with Crippen molar-refractivity contribution in [3.63, 3.8) is 0 Å². The van der Waals surface area contributed by atoms with Crippen molar-refractivity contribution in [2.75, 3.05) is 38.6 Å². The number of fused-ring (bicyclic) bond motifs is 1. The molecule has 2 amide bonds. The number of benzene rings is 1. The normalized spacial score (nSPS) is 18.4. The van der Waals surface area contributed by atoms with Gasteiger partial charge in [-0.25, -0.2) is 23.2 Å². The third-order valence-corrected chi connectivity index (χ3v) is 7.00. The molecule has 3 heterocycles. The minimum absolute atomic E-state index is 0.0360. The van der Waals surface area contributed by atoms with Crippen molar-refractivity contribution in [2.45, 2.75) is 31.5 Å². The topological polar surface area (TPSA) is 90.6 Å². The van der Waals surface area contributed by atoms with E-state index in [0.29, 0.717) is 31.5 Å². The Morgan fingerprint density at radius 2 is 1.89 bits per heavy atom. The molecule has 0 spiro atoms. The Bertz CT molecular complexity index is 1400. The summed E-state index contributed by atoms with van der Waals surface area (Å²) < 4.78 is 70.0. The van der Waals surface area contributed by atoms with Gasteiger partial charge < -0.3 is 19.8 Å². The molecular weight excluding hydrogens is 513 g/mol.